The number of aromatic nitrogens is 4. The molecule has 0 atom stereocenters. The van der Waals surface area contributed by atoms with Crippen molar-refractivity contribution in [1.29, 1.82) is 0 Å². The molecule has 0 spiro atoms. The van der Waals surface area contributed by atoms with Gasteiger partial charge in [0.1, 0.15) is 5.82 Å². The van der Waals surface area contributed by atoms with Gasteiger partial charge in [-0.2, -0.15) is 0 Å². The fraction of sp³-hybridized carbons (Fsp3) is 0.235. The third-order valence-corrected chi connectivity index (χ3v) is 3.58. The monoisotopic (exact) mass is 363 g/mol. The number of alkyl halides is 2. The van der Waals surface area contributed by atoms with Crippen LogP contribution in [0.25, 0.3) is 22.6 Å². The van der Waals surface area contributed by atoms with E-state index >= 15 is 0 Å². The highest BCUT2D eigenvalue weighted by molar-refractivity contribution is 5.77. The summed E-state index contributed by atoms with van der Waals surface area (Å²) in [5.74, 6) is -0.147. The van der Waals surface area contributed by atoms with Crippen molar-refractivity contribution in [1.82, 2.24) is 19.5 Å². The molecule has 2 heterocycles. The third-order valence-electron chi connectivity index (χ3n) is 3.58. The highest BCUT2D eigenvalue weighted by atomic mass is 19.3. The molecule has 2 aromatic heterocycles. The number of rotatable bonds is 7. The van der Waals surface area contributed by atoms with E-state index in [-0.39, 0.29) is 19.1 Å². The van der Waals surface area contributed by atoms with Crippen LogP contribution in [0.3, 0.4) is 0 Å². The van der Waals surface area contributed by atoms with E-state index < -0.39 is 18.8 Å². The Morgan fingerprint density at radius 2 is 1.88 bits per heavy atom. The van der Waals surface area contributed by atoms with Gasteiger partial charge in [-0.1, -0.05) is 0 Å². The average molecular weight is 363 g/mol. The van der Waals surface area contributed by atoms with Crippen LogP contribution in [-0.4, -0.2) is 44.2 Å². The molecule has 0 bridgehead atoms. The van der Waals surface area contributed by atoms with Gasteiger partial charge >= 0.3 is 0 Å². The van der Waals surface area contributed by atoms with Crippen LogP contribution in [0.2, 0.25) is 0 Å². The number of anilines is 1. The molecule has 0 aliphatic heterocycles. The van der Waals surface area contributed by atoms with Crippen LogP contribution >= 0.6 is 0 Å². The van der Waals surface area contributed by atoms with Crippen LogP contribution in [0.15, 0.2) is 42.9 Å². The second-order valence-electron chi connectivity index (χ2n) is 5.41. The number of aliphatic hydroxyl groups excluding tert-OH is 1. The predicted molar refractivity (Wildman–Crippen MR) is 90.2 cm³/mol. The number of nitrogens with one attached hydrogen (secondary N) is 1. The summed E-state index contributed by atoms with van der Waals surface area (Å²) in [5, 5.41) is 11.7. The maximum atomic E-state index is 13.2. The van der Waals surface area contributed by atoms with Crippen LogP contribution in [0.1, 0.15) is 0 Å². The van der Waals surface area contributed by atoms with Gasteiger partial charge in [0.05, 0.1) is 36.6 Å². The summed E-state index contributed by atoms with van der Waals surface area (Å²) in [5.41, 5.74) is 1.76. The first-order chi connectivity index (χ1) is 12.6. The van der Waals surface area contributed by atoms with E-state index in [1.54, 1.807) is 6.07 Å². The highest BCUT2D eigenvalue weighted by Crippen LogP contribution is 2.31. The fourth-order valence-electron chi connectivity index (χ4n) is 2.50. The molecule has 0 amide bonds. The van der Waals surface area contributed by atoms with Gasteiger partial charge in [0, 0.05) is 18.3 Å². The number of benzene rings is 1. The molecule has 26 heavy (non-hydrogen) atoms. The molecule has 0 saturated heterocycles. The summed E-state index contributed by atoms with van der Waals surface area (Å²) in [7, 11) is 0. The largest absolute Gasteiger partial charge is 0.395 e. The summed E-state index contributed by atoms with van der Waals surface area (Å²) < 4.78 is 40.4. The van der Waals surface area contributed by atoms with Crippen molar-refractivity contribution in [3.63, 3.8) is 0 Å². The summed E-state index contributed by atoms with van der Waals surface area (Å²) in [6, 6.07) is 7.19. The van der Waals surface area contributed by atoms with E-state index in [1.165, 1.54) is 41.4 Å². The van der Waals surface area contributed by atoms with E-state index in [0.29, 0.717) is 22.6 Å². The number of imidazole rings is 1. The fourth-order valence-corrected chi connectivity index (χ4v) is 2.50. The molecular formula is C17H16F3N5O. The van der Waals surface area contributed by atoms with Gasteiger partial charge in [-0.05, 0) is 30.3 Å². The van der Waals surface area contributed by atoms with Gasteiger partial charge < -0.3 is 15.0 Å². The second kappa shape index (κ2) is 7.96. The standard InChI is InChI=1S/C17H16F3N5O/c18-12-3-1-11(2-4-12)15-16(25(10-23-15)9-14(19)20)13-5-6-21-17(24-13)22-7-8-26/h1-6,10,14,26H,7-9H2,(H,21,22,24). The van der Waals surface area contributed by atoms with E-state index in [1.807, 2.05) is 0 Å². The van der Waals surface area contributed by atoms with Crippen LogP contribution in [0.4, 0.5) is 19.1 Å². The number of hydrogen-bond donors (Lipinski definition) is 2. The molecule has 2 N–H and O–H groups in total. The topological polar surface area (TPSA) is 75.9 Å². The lowest BCUT2D eigenvalue weighted by molar-refractivity contribution is 0.127. The number of nitrogens with zero attached hydrogens (tertiary/aromatic N) is 4. The average Bonchev–Trinajstić information content (AvgIpc) is 3.03. The molecule has 9 heteroatoms. The molecule has 3 aromatic rings. The quantitative estimate of drug-likeness (QED) is 0.675. The lowest BCUT2D eigenvalue weighted by Crippen LogP contribution is -2.10. The zero-order valence-corrected chi connectivity index (χ0v) is 13.6. The smallest absolute Gasteiger partial charge is 0.256 e. The first-order valence-electron chi connectivity index (χ1n) is 7.86. The maximum absolute atomic E-state index is 13.2. The Morgan fingerprint density at radius 1 is 1.12 bits per heavy atom. The molecule has 136 valence electrons. The first kappa shape index (κ1) is 17.9. The summed E-state index contributed by atoms with van der Waals surface area (Å²) in [6.07, 6.45) is 0.220. The minimum Gasteiger partial charge on any atom is -0.395 e. The van der Waals surface area contributed by atoms with Crippen LogP contribution in [0.5, 0.6) is 0 Å². The molecular weight excluding hydrogens is 347 g/mol. The molecule has 0 aliphatic rings. The van der Waals surface area contributed by atoms with Crippen molar-refractivity contribution >= 4 is 5.95 Å². The Hall–Kier alpha value is -2.94. The number of hydrogen-bond acceptors (Lipinski definition) is 5. The van der Waals surface area contributed by atoms with Gasteiger partial charge in [0.2, 0.25) is 5.95 Å². The summed E-state index contributed by atoms with van der Waals surface area (Å²) in [4.78, 5) is 12.6. The third kappa shape index (κ3) is 3.99. The predicted octanol–water partition coefficient (Wildman–Crippen LogP) is 2.82. The molecule has 6 nitrogen and oxygen atoms in total. The first-order valence-corrected chi connectivity index (χ1v) is 7.86. The molecule has 0 aliphatic carbocycles. The zero-order chi connectivity index (χ0) is 18.5. The molecule has 0 saturated carbocycles. The van der Waals surface area contributed by atoms with Crippen LogP contribution in [-0.2, 0) is 6.54 Å². The molecule has 3 rings (SSSR count). The van der Waals surface area contributed by atoms with Crippen LogP contribution in [0, 0.1) is 5.82 Å². The van der Waals surface area contributed by atoms with Crippen molar-refractivity contribution in [2.75, 3.05) is 18.5 Å². The Balaban J connectivity index is 2.08. The van der Waals surface area contributed by atoms with Gasteiger partial charge in [-0.25, -0.2) is 28.1 Å². The van der Waals surface area contributed by atoms with E-state index in [9.17, 15) is 13.2 Å². The van der Waals surface area contributed by atoms with E-state index in [2.05, 4.69) is 20.3 Å². The molecule has 0 radical (unpaired) electrons. The number of aliphatic hydroxyl groups is 1. The minimum absolute atomic E-state index is 0.0995. The van der Waals surface area contributed by atoms with Crippen molar-refractivity contribution in [3.8, 4) is 22.6 Å². The van der Waals surface area contributed by atoms with Gasteiger partial charge in [0.15, 0.2) is 0 Å². The molecule has 1 aromatic carbocycles. The SMILES string of the molecule is OCCNc1nccc(-c2c(-c3ccc(F)cc3)ncn2CC(F)F)n1. The van der Waals surface area contributed by atoms with E-state index in [0.717, 1.165) is 0 Å². The zero-order valence-electron chi connectivity index (χ0n) is 13.6. The minimum atomic E-state index is -2.57. The van der Waals surface area contributed by atoms with Gasteiger partial charge in [-0.15, -0.1) is 0 Å². The lowest BCUT2D eigenvalue weighted by Gasteiger charge is -2.11. The maximum Gasteiger partial charge on any atom is 0.256 e. The Labute approximate surface area is 147 Å². The number of halogens is 3. The highest BCUT2D eigenvalue weighted by Gasteiger charge is 2.19. The Bertz CT molecular complexity index is 867. The Kier molecular flexibility index (Phi) is 5.47. The van der Waals surface area contributed by atoms with Crippen molar-refractivity contribution < 1.29 is 18.3 Å². The van der Waals surface area contributed by atoms with Crippen molar-refractivity contribution in [3.05, 3.63) is 48.7 Å². The second-order valence-corrected chi connectivity index (χ2v) is 5.41. The normalized spacial score (nSPS) is 11.1. The van der Waals surface area contributed by atoms with Crippen molar-refractivity contribution in [2.24, 2.45) is 0 Å². The summed E-state index contributed by atoms with van der Waals surface area (Å²) in [6.45, 7) is -0.394. The lowest BCUT2D eigenvalue weighted by atomic mass is 10.1. The van der Waals surface area contributed by atoms with Crippen molar-refractivity contribution in [2.45, 2.75) is 13.0 Å². The van der Waals surface area contributed by atoms with E-state index in [4.69, 9.17) is 5.11 Å². The van der Waals surface area contributed by atoms with Crippen LogP contribution < -0.4 is 5.32 Å². The Morgan fingerprint density at radius 3 is 2.58 bits per heavy atom. The van der Waals surface area contributed by atoms with Gasteiger partial charge in [-0.3, -0.25) is 0 Å². The molecule has 0 unspecified atom stereocenters. The van der Waals surface area contributed by atoms with Gasteiger partial charge in [0.25, 0.3) is 6.43 Å². The molecule has 0 fully saturated rings. The summed E-state index contributed by atoms with van der Waals surface area (Å²) >= 11 is 0.